The predicted octanol–water partition coefficient (Wildman–Crippen LogP) is 5.18. The van der Waals surface area contributed by atoms with Gasteiger partial charge in [-0.1, -0.05) is 38.0 Å². The van der Waals surface area contributed by atoms with Gasteiger partial charge < -0.3 is 14.6 Å². The highest BCUT2D eigenvalue weighted by Gasteiger charge is 2.56. The van der Waals surface area contributed by atoms with Crippen LogP contribution >= 0.6 is 22.6 Å². The number of rotatable bonds is 7. The van der Waals surface area contributed by atoms with Crippen molar-refractivity contribution in [2.24, 2.45) is 23.7 Å². The highest BCUT2D eigenvalue weighted by Crippen LogP contribution is 2.51. The zero-order chi connectivity index (χ0) is 24.7. The fourth-order valence-electron chi connectivity index (χ4n) is 5.85. The highest BCUT2D eigenvalue weighted by molar-refractivity contribution is 14.1. The van der Waals surface area contributed by atoms with E-state index in [0.29, 0.717) is 24.7 Å². The largest absolute Gasteiger partial charge is 0.504 e. The summed E-state index contributed by atoms with van der Waals surface area (Å²) in [5.41, 5.74) is 4.89. The second kappa shape index (κ2) is 10.0. The third-order valence-corrected chi connectivity index (χ3v) is 8.51. The summed E-state index contributed by atoms with van der Waals surface area (Å²) >= 11 is 2.12. The molecule has 7 heteroatoms. The number of phenolic OH excluding ortho intramolecular Hbond substituents is 1. The molecule has 0 bridgehead atoms. The van der Waals surface area contributed by atoms with Gasteiger partial charge in [0.25, 0.3) is 0 Å². The molecule has 6 nitrogen and oxygen atoms in total. The molecule has 4 rings (SSSR count). The number of fused-ring (bicyclic) bond motifs is 3. The van der Waals surface area contributed by atoms with E-state index in [9.17, 15) is 14.7 Å². The minimum atomic E-state index is -0.271. The molecule has 2 heterocycles. The molecule has 2 saturated heterocycles. The van der Waals surface area contributed by atoms with Gasteiger partial charge in [0.1, 0.15) is 0 Å². The smallest absolute Gasteiger partial charge is 0.233 e. The molecule has 2 fully saturated rings. The van der Waals surface area contributed by atoms with Crippen LogP contribution in [0.1, 0.15) is 52.0 Å². The average Bonchev–Trinajstić information content (AvgIpc) is 3.33. The first-order chi connectivity index (χ1) is 16.2. The van der Waals surface area contributed by atoms with E-state index in [0.717, 1.165) is 28.4 Å². The monoisotopic (exact) mass is 579 g/mol. The fourth-order valence-corrected chi connectivity index (χ4v) is 6.48. The van der Waals surface area contributed by atoms with Gasteiger partial charge in [-0.15, -0.1) is 0 Å². The molecule has 184 valence electrons. The summed E-state index contributed by atoms with van der Waals surface area (Å²) in [6, 6.07) is 3.81. The van der Waals surface area contributed by atoms with Crippen LogP contribution in [-0.4, -0.2) is 48.7 Å². The van der Waals surface area contributed by atoms with E-state index in [1.165, 1.54) is 21.6 Å². The molecule has 0 saturated carbocycles. The van der Waals surface area contributed by atoms with Gasteiger partial charge >= 0.3 is 0 Å². The number of nitrogens with zero attached hydrogens (tertiary/aromatic N) is 1. The number of carbonyl (C=O) groups excluding carboxylic acids is 2. The second-order valence-electron chi connectivity index (χ2n) is 9.88. The maximum absolute atomic E-state index is 12.9. The van der Waals surface area contributed by atoms with E-state index >= 15 is 0 Å². The van der Waals surface area contributed by atoms with Crippen molar-refractivity contribution in [1.29, 1.82) is 0 Å². The normalized spacial score (nSPS) is 27.0. The summed E-state index contributed by atoms with van der Waals surface area (Å²) in [5, 5.41) is 10.1. The van der Waals surface area contributed by atoms with Crippen molar-refractivity contribution in [3.05, 3.63) is 38.0 Å². The van der Waals surface area contributed by atoms with Gasteiger partial charge in [-0.3, -0.25) is 14.5 Å². The van der Waals surface area contributed by atoms with Crippen LogP contribution in [0, 0.1) is 27.2 Å². The van der Waals surface area contributed by atoms with Crippen LogP contribution in [0.4, 0.5) is 0 Å². The Bertz CT molecular complexity index is 1060. The predicted molar refractivity (Wildman–Crippen MR) is 139 cm³/mol. The number of imide groups is 1. The fraction of sp³-hybridized carbons (Fsp3) is 0.556. The molecule has 0 radical (unpaired) electrons. The van der Waals surface area contributed by atoms with Crippen molar-refractivity contribution in [2.45, 2.75) is 52.6 Å². The number of phenols is 1. The Morgan fingerprint density at radius 3 is 2.68 bits per heavy atom. The summed E-state index contributed by atoms with van der Waals surface area (Å²) in [6.07, 6.45) is 5.47. The van der Waals surface area contributed by atoms with Crippen LogP contribution in [-0.2, 0) is 14.3 Å². The molecule has 1 N–H and O–H groups in total. The Labute approximate surface area is 215 Å². The molecular weight excluding hydrogens is 545 g/mol. The number of benzene rings is 1. The molecule has 4 atom stereocenters. The molecule has 2 amide bonds. The molecular formula is C27H34INO5. The van der Waals surface area contributed by atoms with Crippen molar-refractivity contribution in [3.63, 3.8) is 0 Å². The lowest BCUT2D eigenvalue weighted by atomic mass is 9.67. The Morgan fingerprint density at radius 2 is 2.03 bits per heavy atom. The highest BCUT2D eigenvalue weighted by atomic mass is 127. The van der Waals surface area contributed by atoms with Gasteiger partial charge in [-0.05, 0) is 77.5 Å². The zero-order valence-corrected chi connectivity index (χ0v) is 22.7. The maximum atomic E-state index is 12.9. The number of ether oxygens (including phenoxy) is 2. The first kappa shape index (κ1) is 25.2. The Kier molecular flexibility index (Phi) is 7.43. The van der Waals surface area contributed by atoms with E-state index in [1.807, 2.05) is 12.1 Å². The molecule has 1 aromatic rings. The van der Waals surface area contributed by atoms with E-state index in [1.54, 1.807) is 14.2 Å². The standard InChI is InChI=1S/C27H34INO5/c1-6-15(9-16-10-20(28)25(30)22(11-16)33-5)7-8-21-23-17(14(2)3)12-18-24(19(23)13-34-21)27(32)29(4)26(18)31/h9-11,14,18-19,21,24,30H,6-8,12-13H2,1-5H3/b15-9+/t18-,19+,21-,24-/m1/s1. The van der Waals surface area contributed by atoms with Gasteiger partial charge in [0.2, 0.25) is 11.8 Å². The quantitative estimate of drug-likeness (QED) is 0.274. The number of hydrogen-bond donors (Lipinski definition) is 1. The topological polar surface area (TPSA) is 76.1 Å². The second-order valence-corrected chi connectivity index (χ2v) is 11.0. The van der Waals surface area contributed by atoms with E-state index in [4.69, 9.17) is 9.47 Å². The molecule has 1 aliphatic carbocycles. The van der Waals surface area contributed by atoms with Crippen LogP contribution in [0.3, 0.4) is 0 Å². The third-order valence-electron chi connectivity index (χ3n) is 7.68. The van der Waals surface area contributed by atoms with Crippen LogP contribution in [0.5, 0.6) is 11.5 Å². The lowest BCUT2D eigenvalue weighted by molar-refractivity contribution is -0.138. The molecule has 1 aromatic carbocycles. The number of aromatic hydroxyl groups is 1. The van der Waals surface area contributed by atoms with Crippen LogP contribution < -0.4 is 4.74 Å². The van der Waals surface area contributed by atoms with Gasteiger partial charge in [-0.2, -0.15) is 0 Å². The van der Waals surface area contributed by atoms with E-state index in [2.05, 4.69) is 49.4 Å². The first-order valence-corrected chi connectivity index (χ1v) is 13.2. The van der Waals surface area contributed by atoms with E-state index < -0.39 is 0 Å². The molecule has 0 spiro atoms. The SMILES string of the molecule is CC/C(=C\c1cc(I)c(O)c(OC)c1)CC[C@H]1OC[C@H]2C1=C(C(C)C)C[C@H]1C(=O)N(C)C(=O)[C@H]12. The van der Waals surface area contributed by atoms with Crippen molar-refractivity contribution in [1.82, 2.24) is 4.90 Å². The molecule has 3 aliphatic rings. The lowest BCUT2D eigenvalue weighted by Crippen LogP contribution is -2.34. The molecule has 0 aromatic heterocycles. The van der Waals surface area contributed by atoms with Crippen molar-refractivity contribution in [2.75, 3.05) is 20.8 Å². The Balaban J connectivity index is 1.57. The van der Waals surface area contributed by atoms with Gasteiger partial charge in [0, 0.05) is 13.0 Å². The summed E-state index contributed by atoms with van der Waals surface area (Å²) in [5.74, 6) is 0.388. The number of allylic oxidation sites excluding steroid dienone is 2. The van der Waals surface area contributed by atoms with Crippen molar-refractivity contribution in [3.8, 4) is 11.5 Å². The van der Waals surface area contributed by atoms with Crippen molar-refractivity contribution >= 4 is 40.5 Å². The maximum Gasteiger partial charge on any atom is 0.233 e. The lowest BCUT2D eigenvalue weighted by Gasteiger charge is -2.33. The average molecular weight is 579 g/mol. The molecule has 0 unspecified atom stereocenters. The molecule has 2 aliphatic heterocycles. The zero-order valence-electron chi connectivity index (χ0n) is 20.6. The number of carbonyl (C=O) groups is 2. The van der Waals surface area contributed by atoms with Crippen LogP contribution in [0.15, 0.2) is 28.9 Å². The summed E-state index contributed by atoms with van der Waals surface area (Å²) in [7, 11) is 3.17. The van der Waals surface area contributed by atoms with Crippen LogP contribution in [0.25, 0.3) is 6.08 Å². The van der Waals surface area contributed by atoms with Crippen LogP contribution in [0.2, 0.25) is 0 Å². The molecule has 34 heavy (non-hydrogen) atoms. The minimum Gasteiger partial charge on any atom is -0.504 e. The number of amides is 2. The van der Waals surface area contributed by atoms with Gasteiger partial charge in [0.15, 0.2) is 11.5 Å². The van der Waals surface area contributed by atoms with Gasteiger partial charge in [0.05, 0.1) is 35.2 Å². The summed E-state index contributed by atoms with van der Waals surface area (Å²) < 4.78 is 12.4. The first-order valence-electron chi connectivity index (χ1n) is 12.1. The number of halogens is 1. The Hall–Kier alpha value is -1.87. The minimum absolute atomic E-state index is 0.0124. The number of methoxy groups -OCH3 is 1. The summed E-state index contributed by atoms with van der Waals surface area (Å²) in [4.78, 5) is 26.9. The van der Waals surface area contributed by atoms with Crippen molar-refractivity contribution < 1.29 is 24.2 Å². The third kappa shape index (κ3) is 4.41. The van der Waals surface area contributed by atoms with Gasteiger partial charge in [-0.25, -0.2) is 0 Å². The summed E-state index contributed by atoms with van der Waals surface area (Å²) in [6.45, 7) is 7.02. The van der Waals surface area contributed by atoms with E-state index in [-0.39, 0.29) is 41.4 Å². The Morgan fingerprint density at radius 1 is 1.29 bits per heavy atom. The number of likely N-dealkylation sites (tertiary alicyclic amines) is 1. The number of hydrogen-bond acceptors (Lipinski definition) is 5.